The minimum Gasteiger partial charge on any atom is -0.410 e. The zero-order valence-electron chi connectivity index (χ0n) is 20.5. The van der Waals surface area contributed by atoms with Crippen molar-refractivity contribution in [3.8, 4) is 0 Å². The monoisotopic (exact) mass is 488 g/mol. The molecule has 0 saturated heterocycles. The number of hydrogen-bond donors (Lipinski definition) is 2. The first-order valence-electron chi connectivity index (χ1n) is 12.0. The van der Waals surface area contributed by atoms with Crippen LogP contribution in [0.1, 0.15) is 29.2 Å². The Kier molecular flexibility index (Phi) is 8.70. The normalized spacial score (nSPS) is 13.9. The van der Waals surface area contributed by atoms with E-state index in [-0.39, 0.29) is 6.04 Å². The number of aliphatic imine (C=N–C) groups is 2. The largest absolute Gasteiger partial charge is 0.410 e. The van der Waals surface area contributed by atoms with E-state index < -0.39 is 0 Å². The van der Waals surface area contributed by atoms with Crippen molar-refractivity contribution in [3.05, 3.63) is 144 Å². The van der Waals surface area contributed by atoms with E-state index in [9.17, 15) is 10.4 Å². The first kappa shape index (κ1) is 25.3. The summed E-state index contributed by atoms with van der Waals surface area (Å²) in [6, 6.07) is 37.9. The quantitative estimate of drug-likeness (QED) is 0.169. The molecule has 0 aromatic heterocycles. The molecule has 0 fully saturated rings. The summed E-state index contributed by atoms with van der Waals surface area (Å²) in [5.41, 5.74) is 5.08. The summed E-state index contributed by atoms with van der Waals surface area (Å²) >= 11 is 0. The summed E-state index contributed by atoms with van der Waals surface area (Å²) in [6.07, 6.45) is 0. The topological polar surface area (TPSA) is 89.9 Å². The molecule has 0 amide bonds. The Balaban J connectivity index is 1.73. The van der Waals surface area contributed by atoms with Gasteiger partial charge in [0.2, 0.25) is 0 Å². The van der Waals surface area contributed by atoms with Crippen LogP contribution in [0.3, 0.4) is 0 Å². The molecule has 6 nitrogen and oxygen atoms in total. The third-order valence-electron chi connectivity index (χ3n) is 5.70. The van der Waals surface area contributed by atoms with Gasteiger partial charge in [-0.25, -0.2) is 0 Å². The summed E-state index contributed by atoms with van der Waals surface area (Å²) in [6.45, 7) is 2.27. The van der Waals surface area contributed by atoms with E-state index >= 15 is 0 Å². The smallest absolute Gasteiger partial charge is 0.135 e. The van der Waals surface area contributed by atoms with Gasteiger partial charge in [0.05, 0.1) is 24.0 Å². The van der Waals surface area contributed by atoms with Crippen LogP contribution in [-0.2, 0) is 0 Å². The van der Waals surface area contributed by atoms with Gasteiger partial charge < -0.3 is 10.4 Å². The van der Waals surface area contributed by atoms with Crippen molar-refractivity contribution < 1.29 is 10.4 Å². The molecule has 1 atom stereocenters. The van der Waals surface area contributed by atoms with Crippen LogP contribution in [0.5, 0.6) is 0 Å². The molecule has 0 aliphatic heterocycles. The Morgan fingerprint density at radius 1 is 0.514 bits per heavy atom. The molecule has 1 unspecified atom stereocenters. The Bertz CT molecular complexity index is 1400. The lowest BCUT2D eigenvalue weighted by Crippen LogP contribution is -2.22. The van der Waals surface area contributed by atoms with E-state index in [2.05, 4.69) is 10.3 Å². The zero-order valence-corrected chi connectivity index (χ0v) is 20.5. The van der Waals surface area contributed by atoms with Gasteiger partial charge in [-0.05, 0) is 6.92 Å². The summed E-state index contributed by atoms with van der Waals surface area (Å²) in [4.78, 5) is 9.80. The highest BCUT2D eigenvalue weighted by atomic mass is 16.4. The van der Waals surface area contributed by atoms with Crippen molar-refractivity contribution in [2.75, 3.05) is 6.54 Å². The van der Waals surface area contributed by atoms with Gasteiger partial charge in [-0.1, -0.05) is 132 Å². The van der Waals surface area contributed by atoms with Crippen LogP contribution in [-0.4, -0.2) is 45.8 Å². The van der Waals surface area contributed by atoms with E-state index in [1.165, 1.54) is 0 Å². The second-order valence-corrected chi connectivity index (χ2v) is 8.38. The molecule has 0 bridgehead atoms. The van der Waals surface area contributed by atoms with Crippen LogP contribution >= 0.6 is 0 Å². The minimum atomic E-state index is -0.273. The van der Waals surface area contributed by atoms with E-state index in [1.54, 1.807) is 0 Å². The molecule has 0 radical (unpaired) electrons. The molecule has 2 N–H and O–H groups in total. The zero-order chi connectivity index (χ0) is 25.9. The maximum Gasteiger partial charge on any atom is 0.135 e. The molecular formula is C31H28N4O2. The number of hydrogen-bond acceptors (Lipinski definition) is 6. The first-order chi connectivity index (χ1) is 18.2. The van der Waals surface area contributed by atoms with Gasteiger partial charge in [-0.3, -0.25) is 9.98 Å². The van der Waals surface area contributed by atoms with E-state index in [4.69, 9.17) is 9.98 Å². The second kappa shape index (κ2) is 12.7. The van der Waals surface area contributed by atoms with Crippen molar-refractivity contribution in [1.29, 1.82) is 0 Å². The Hall–Kier alpha value is -4.84. The van der Waals surface area contributed by atoms with E-state index in [1.807, 2.05) is 128 Å². The van der Waals surface area contributed by atoms with Gasteiger partial charge in [0, 0.05) is 22.3 Å². The predicted octanol–water partition coefficient (Wildman–Crippen LogP) is 6.11. The van der Waals surface area contributed by atoms with Crippen molar-refractivity contribution >= 4 is 22.8 Å². The van der Waals surface area contributed by atoms with Crippen LogP contribution < -0.4 is 0 Å². The highest BCUT2D eigenvalue weighted by Gasteiger charge is 2.18. The molecule has 6 heteroatoms. The van der Waals surface area contributed by atoms with Gasteiger partial charge in [-0.15, -0.1) is 0 Å². The van der Waals surface area contributed by atoms with Gasteiger partial charge in [0.25, 0.3) is 0 Å². The molecule has 184 valence electrons. The van der Waals surface area contributed by atoms with Crippen LogP contribution in [0.4, 0.5) is 0 Å². The minimum absolute atomic E-state index is 0.273. The number of oxime groups is 2. The summed E-state index contributed by atoms with van der Waals surface area (Å²) < 4.78 is 0. The maximum absolute atomic E-state index is 9.96. The van der Waals surface area contributed by atoms with Crippen molar-refractivity contribution in [1.82, 2.24) is 0 Å². The van der Waals surface area contributed by atoms with Gasteiger partial charge in [-0.2, -0.15) is 0 Å². The summed E-state index contributed by atoms with van der Waals surface area (Å²) in [5.74, 6) is 0. The standard InChI is InChI=1S/C31H28N4O2/c1-23(33-29(25-16-8-3-9-17-25)31(35-37)27-20-12-5-13-21-27)22-32-28(24-14-6-2-7-15-24)30(34-36)26-18-10-4-11-19-26/h2-21,23,36-37H,22H2,1H3. The summed E-state index contributed by atoms with van der Waals surface area (Å²) in [7, 11) is 0. The number of nitrogens with zero attached hydrogens (tertiary/aromatic N) is 4. The Labute approximate surface area is 216 Å². The number of rotatable bonds is 9. The van der Waals surface area contributed by atoms with E-state index in [0.717, 1.165) is 22.3 Å². The highest BCUT2D eigenvalue weighted by molar-refractivity contribution is 6.54. The molecule has 37 heavy (non-hydrogen) atoms. The molecule has 4 aromatic carbocycles. The summed E-state index contributed by atoms with van der Waals surface area (Å²) in [5, 5.41) is 27.1. The average molecular weight is 489 g/mol. The molecule has 0 heterocycles. The van der Waals surface area contributed by atoms with Crippen LogP contribution in [0.15, 0.2) is 142 Å². The fraction of sp³-hybridized carbons (Fsp3) is 0.0968. The molecule has 4 aromatic rings. The van der Waals surface area contributed by atoms with Gasteiger partial charge >= 0.3 is 0 Å². The lowest BCUT2D eigenvalue weighted by atomic mass is 9.99. The third-order valence-corrected chi connectivity index (χ3v) is 5.70. The first-order valence-corrected chi connectivity index (χ1v) is 12.0. The third kappa shape index (κ3) is 6.44. The number of benzene rings is 4. The Morgan fingerprint density at radius 3 is 1.22 bits per heavy atom. The molecule has 0 aliphatic carbocycles. The maximum atomic E-state index is 9.96. The van der Waals surface area contributed by atoms with Crippen molar-refractivity contribution in [2.24, 2.45) is 20.3 Å². The highest BCUT2D eigenvalue weighted by Crippen LogP contribution is 2.14. The fourth-order valence-electron chi connectivity index (χ4n) is 3.93. The second-order valence-electron chi connectivity index (χ2n) is 8.38. The lowest BCUT2D eigenvalue weighted by Gasteiger charge is -2.14. The van der Waals surface area contributed by atoms with Crippen LogP contribution in [0, 0.1) is 0 Å². The van der Waals surface area contributed by atoms with Gasteiger partial charge in [0.15, 0.2) is 0 Å². The SMILES string of the molecule is CC(CN=C(C(=NO)c1ccccc1)c1ccccc1)N=C(C(=NO)c1ccccc1)c1ccccc1. The molecular weight excluding hydrogens is 460 g/mol. The van der Waals surface area contributed by atoms with Crippen LogP contribution in [0.25, 0.3) is 0 Å². The fourth-order valence-corrected chi connectivity index (χ4v) is 3.93. The van der Waals surface area contributed by atoms with Crippen molar-refractivity contribution in [3.63, 3.8) is 0 Å². The predicted molar refractivity (Wildman–Crippen MR) is 150 cm³/mol. The van der Waals surface area contributed by atoms with Crippen LogP contribution in [0.2, 0.25) is 0 Å². The van der Waals surface area contributed by atoms with Crippen molar-refractivity contribution in [2.45, 2.75) is 13.0 Å². The molecule has 0 spiro atoms. The molecule has 0 saturated carbocycles. The molecule has 0 aliphatic rings. The Morgan fingerprint density at radius 2 is 0.838 bits per heavy atom. The lowest BCUT2D eigenvalue weighted by molar-refractivity contribution is 0.320. The molecule has 4 rings (SSSR count). The van der Waals surface area contributed by atoms with Gasteiger partial charge in [0.1, 0.15) is 11.4 Å². The van der Waals surface area contributed by atoms with E-state index in [0.29, 0.717) is 29.4 Å². The average Bonchev–Trinajstić information content (AvgIpc) is 2.97.